The minimum absolute atomic E-state index is 0.462. The molecule has 2 nitrogen and oxygen atoms in total. The van der Waals surface area contributed by atoms with E-state index in [-0.39, 0.29) is 0 Å². The fourth-order valence-electron chi connectivity index (χ4n) is 1.93. The summed E-state index contributed by atoms with van der Waals surface area (Å²) in [7, 11) is 0. The molecule has 1 heterocycles. The highest BCUT2D eigenvalue weighted by molar-refractivity contribution is 6.30. The normalized spacial score (nSPS) is 10.9. The first-order valence-electron chi connectivity index (χ1n) is 6.06. The molecule has 0 atom stereocenters. The minimum atomic E-state index is 0.462. The van der Waals surface area contributed by atoms with E-state index in [1.54, 1.807) is 0 Å². The molecule has 0 unspecified atom stereocenters. The SMILES string of the molecule is CC(C)c1ccnc(-c2ccc(Cl)cc2CN)c1. The Morgan fingerprint density at radius 1 is 1.22 bits per heavy atom. The molecule has 0 fully saturated rings. The Morgan fingerprint density at radius 2 is 2.00 bits per heavy atom. The minimum Gasteiger partial charge on any atom is -0.326 e. The molecule has 0 aliphatic heterocycles. The average molecular weight is 261 g/mol. The fourth-order valence-corrected chi connectivity index (χ4v) is 2.13. The monoisotopic (exact) mass is 260 g/mol. The van der Waals surface area contributed by atoms with E-state index in [4.69, 9.17) is 17.3 Å². The zero-order valence-corrected chi connectivity index (χ0v) is 11.4. The molecule has 2 rings (SSSR count). The van der Waals surface area contributed by atoms with Gasteiger partial charge in [0.05, 0.1) is 5.69 Å². The number of pyridine rings is 1. The van der Waals surface area contributed by atoms with Gasteiger partial charge in [0.2, 0.25) is 0 Å². The second-order valence-electron chi connectivity index (χ2n) is 4.63. The Hall–Kier alpha value is -1.38. The molecular formula is C15H17ClN2. The molecule has 1 aromatic heterocycles. The molecule has 0 bridgehead atoms. The second-order valence-corrected chi connectivity index (χ2v) is 5.07. The van der Waals surface area contributed by atoms with Crippen LogP contribution in [-0.4, -0.2) is 4.98 Å². The third-order valence-electron chi connectivity index (χ3n) is 3.01. The van der Waals surface area contributed by atoms with Gasteiger partial charge in [-0.2, -0.15) is 0 Å². The van der Waals surface area contributed by atoms with E-state index in [2.05, 4.69) is 24.9 Å². The maximum absolute atomic E-state index is 5.99. The molecule has 1 aromatic carbocycles. The lowest BCUT2D eigenvalue weighted by molar-refractivity contribution is 0.863. The third-order valence-corrected chi connectivity index (χ3v) is 3.25. The van der Waals surface area contributed by atoms with E-state index in [1.165, 1.54) is 5.56 Å². The number of nitrogens with two attached hydrogens (primary N) is 1. The van der Waals surface area contributed by atoms with Gasteiger partial charge in [0, 0.05) is 23.3 Å². The Bertz CT molecular complexity index is 550. The molecule has 2 aromatic rings. The van der Waals surface area contributed by atoms with Gasteiger partial charge in [-0.15, -0.1) is 0 Å². The van der Waals surface area contributed by atoms with Crippen molar-refractivity contribution in [3.8, 4) is 11.3 Å². The molecule has 0 aliphatic rings. The maximum atomic E-state index is 5.99. The van der Waals surface area contributed by atoms with Gasteiger partial charge in [-0.25, -0.2) is 0 Å². The van der Waals surface area contributed by atoms with Crippen LogP contribution in [0.5, 0.6) is 0 Å². The van der Waals surface area contributed by atoms with Crippen LogP contribution in [0.1, 0.15) is 30.9 Å². The molecule has 0 amide bonds. The quantitative estimate of drug-likeness (QED) is 0.907. The summed E-state index contributed by atoms with van der Waals surface area (Å²) in [5.41, 5.74) is 10.1. The summed E-state index contributed by atoms with van der Waals surface area (Å²) in [5, 5.41) is 0.708. The van der Waals surface area contributed by atoms with Gasteiger partial charge in [0.15, 0.2) is 0 Å². The van der Waals surface area contributed by atoms with Gasteiger partial charge in [-0.05, 0) is 41.3 Å². The van der Waals surface area contributed by atoms with Gasteiger partial charge >= 0.3 is 0 Å². The molecule has 0 aliphatic carbocycles. The van der Waals surface area contributed by atoms with Crippen LogP contribution < -0.4 is 5.73 Å². The number of hydrogen-bond donors (Lipinski definition) is 1. The number of benzene rings is 1. The van der Waals surface area contributed by atoms with Crippen molar-refractivity contribution in [2.24, 2.45) is 5.73 Å². The molecular weight excluding hydrogens is 244 g/mol. The second kappa shape index (κ2) is 5.51. The van der Waals surface area contributed by atoms with Crippen molar-refractivity contribution >= 4 is 11.6 Å². The molecule has 94 valence electrons. The van der Waals surface area contributed by atoms with Crippen LogP contribution in [0.15, 0.2) is 36.5 Å². The highest BCUT2D eigenvalue weighted by Crippen LogP contribution is 2.27. The van der Waals surface area contributed by atoms with E-state index in [0.29, 0.717) is 17.5 Å². The lowest BCUT2D eigenvalue weighted by Crippen LogP contribution is -2.00. The summed E-state index contributed by atoms with van der Waals surface area (Å²) in [6.07, 6.45) is 1.85. The van der Waals surface area contributed by atoms with Crippen LogP contribution >= 0.6 is 11.6 Å². The van der Waals surface area contributed by atoms with Crippen molar-refractivity contribution in [3.05, 3.63) is 52.7 Å². The van der Waals surface area contributed by atoms with Crippen LogP contribution in [0.3, 0.4) is 0 Å². The summed E-state index contributed by atoms with van der Waals surface area (Å²) < 4.78 is 0. The van der Waals surface area contributed by atoms with Crippen molar-refractivity contribution in [2.45, 2.75) is 26.3 Å². The number of aromatic nitrogens is 1. The largest absolute Gasteiger partial charge is 0.326 e. The summed E-state index contributed by atoms with van der Waals surface area (Å²) >= 11 is 5.99. The van der Waals surface area contributed by atoms with E-state index < -0.39 is 0 Å². The number of rotatable bonds is 3. The smallest absolute Gasteiger partial charge is 0.0708 e. The maximum Gasteiger partial charge on any atom is 0.0708 e. The van der Waals surface area contributed by atoms with Crippen LogP contribution in [0, 0.1) is 0 Å². The van der Waals surface area contributed by atoms with E-state index in [9.17, 15) is 0 Å². The first kappa shape index (κ1) is 13.1. The Kier molecular flexibility index (Phi) is 4.00. The zero-order valence-electron chi connectivity index (χ0n) is 10.7. The van der Waals surface area contributed by atoms with Gasteiger partial charge in [0.25, 0.3) is 0 Å². The molecule has 0 radical (unpaired) electrons. The van der Waals surface area contributed by atoms with Gasteiger partial charge in [0.1, 0.15) is 0 Å². The lowest BCUT2D eigenvalue weighted by atomic mass is 9.99. The summed E-state index contributed by atoms with van der Waals surface area (Å²) in [6, 6.07) is 9.93. The molecule has 0 spiro atoms. The van der Waals surface area contributed by atoms with Gasteiger partial charge in [-0.1, -0.05) is 31.5 Å². The van der Waals surface area contributed by atoms with Gasteiger partial charge in [-0.3, -0.25) is 4.98 Å². The first-order chi connectivity index (χ1) is 8.61. The number of nitrogens with zero attached hydrogens (tertiary/aromatic N) is 1. The van der Waals surface area contributed by atoms with E-state index in [1.807, 2.05) is 30.5 Å². The third kappa shape index (κ3) is 2.71. The summed E-state index contributed by atoms with van der Waals surface area (Å²) in [4.78, 5) is 4.43. The molecule has 0 saturated heterocycles. The van der Waals surface area contributed by atoms with Crippen LogP contribution in [0.4, 0.5) is 0 Å². The number of hydrogen-bond acceptors (Lipinski definition) is 2. The molecule has 18 heavy (non-hydrogen) atoms. The summed E-state index contributed by atoms with van der Waals surface area (Å²) in [5.74, 6) is 0.486. The Morgan fingerprint density at radius 3 is 2.67 bits per heavy atom. The van der Waals surface area contributed by atoms with Crippen molar-refractivity contribution in [3.63, 3.8) is 0 Å². The van der Waals surface area contributed by atoms with Crippen molar-refractivity contribution < 1.29 is 0 Å². The topological polar surface area (TPSA) is 38.9 Å². The van der Waals surface area contributed by atoms with Crippen molar-refractivity contribution in [2.75, 3.05) is 0 Å². The Labute approximate surface area is 113 Å². The number of halogens is 1. The van der Waals surface area contributed by atoms with Crippen molar-refractivity contribution in [1.29, 1.82) is 0 Å². The van der Waals surface area contributed by atoms with Crippen LogP contribution in [-0.2, 0) is 6.54 Å². The standard InChI is InChI=1S/C15H17ClN2/c1-10(2)11-5-6-18-15(8-11)14-4-3-13(16)7-12(14)9-17/h3-8,10H,9,17H2,1-2H3. The lowest BCUT2D eigenvalue weighted by Gasteiger charge is -2.11. The fraction of sp³-hybridized carbons (Fsp3) is 0.267. The molecule has 0 saturated carbocycles. The summed E-state index contributed by atoms with van der Waals surface area (Å²) in [6.45, 7) is 4.80. The first-order valence-corrected chi connectivity index (χ1v) is 6.44. The van der Waals surface area contributed by atoms with Crippen LogP contribution in [0.2, 0.25) is 5.02 Å². The van der Waals surface area contributed by atoms with E-state index in [0.717, 1.165) is 16.8 Å². The van der Waals surface area contributed by atoms with Crippen molar-refractivity contribution in [1.82, 2.24) is 4.98 Å². The predicted molar refractivity (Wildman–Crippen MR) is 76.7 cm³/mol. The van der Waals surface area contributed by atoms with Crippen LogP contribution in [0.25, 0.3) is 11.3 Å². The highest BCUT2D eigenvalue weighted by Gasteiger charge is 2.08. The zero-order chi connectivity index (χ0) is 13.1. The molecule has 3 heteroatoms. The predicted octanol–water partition coefficient (Wildman–Crippen LogP) is 3.98. The van der Waals surface area contributed by atoms with E-state index >= 15 is 0 Å². The highest BCUT2D eigenvalue weighted by atomic mass is 35.5. The average Bonchev–Trinajstić information content (AvgIpc) is 2.38. The molecule has 2 N–H and O–H groups in total. The van der Waals surface area contributed by atoms with Gasteiger partial charge < -0.3 is 5.73 Å². The Balaban J connectivity index is 2.51.